The van der Waals surface area contributed by atoms with Gasteiger partial charge in [0.05, 0.1) is 5.69 Å². The lowest BCUT2D eigenvalue weighted by Gasteiger charge is -2.08. The van der Waals surface area contributed by atoms with Gasteiger partial charge in [-0.15, -0.1) is 11.3 Å². The molecule has 0 atom stereocenters. The van der Waals surface area contributed by atoms with Crippen LogP contribution in [0.2, 0.25) is 0 Å². The van der Waals surface area contributed by atoms with Gasteiger partial charge in [0, 0.05) is 10.4 Å². The van der Waals surface area contributed by atoms with Gasteiger partial charge in [0.15, 0.2) is 0 Å². The Morgan fingerprint density at radius 3 is 2.89 bits per heavy atom. The first-order chi connectivity index (χ1) is 9.28. The summed E-state index contributed by atoms with van der Waals surface area (Å²) in [5.74, 6) is -0.510. The van der Waals surface area contributed by atoms with E-state index in [0.29, 0.717) is 5.69 Å². The van der Waals surface area contributed by atoms with Crippen LogP contribution in [0.1, 0.15) is 5.56 Å². The van der Waals surface area contributed by atoms with E-state index < -0.39 is 5.82 Å². The Bertz CT molecular complexity index is 786. The molecule has 0 radical (unpaired) electrons. The molecule has 0 saturated heterocycles. The van der Waals surface area contributed by atoms with Crippen LogP contribution in [0.15, 0.2) is 47.8 Å². The van der Waals surface area contributed by atoms with E-state index in [-0.39, 0.29) is 5.56 Å². The summed E-state index contributed by atoms with van der Waals surface area (Å²) in [6.07, 6.45) is 0. The number of thiophene rings is 1. The molecule has 0 bridgehead atoms. The lowest BCUT2D eigenvalue weighted by molar-refractivity contribution is 0.624. The Labute approximate surface area is 113 Å². The zero-order valence-corrected chi connectivity index (χ0v) is 10.7. The molecule has 2 nitrogen and oxygen atoms in total. The monoisotopic (exact) mass is 268 g/mol. The molecule has 0 unspecified atom stereocenters. The summed E-state index contributed by atoms with van der Waals surface area (Å²) in [5.41, 5.74) is 1.36. The van der Waals surface area contributed by atoms with Gasteiger partial charge in [0.1, 0.15) is 17.4 Å². The topological polar surface area (TPSA) is 35.8 Å². The van der Waals surface area contributed by atoms with Gasteiger partial charge in [-0.3, -0.25) is 0 Å². The summed E-state index contributed by atoms with van der Waals surface area (Å²) < 4.78 is 14.7. The number of halogens is 1. The average molecular weight is 268 g/mol. The zero-order valence-electron chi connectivity index (χ0n) is 9.85. The maximum atomic E-state index is 13.5. The predicted molar refractivity (Wildman–Crippen MR) is 76.2 cm³/mol. The van der Waals surface area contributed by atoms with Gasteiger partial charge >= 0.3 is 0 Å². The minimum atomic E-state index is -0.510. The number of benzene rings is 2. The summed E-state index contributed by atoms with van der Waals surface area (Å²) in [4.78, 5) is 0. The fourth-order valence-electron chi connectivity index (χ4n) is 1.94. The Morgan fingerprint density at radius 2 is 2.05 bits per heavy atom. The van der Waals surface area contributed by atoms with E-state index in [9.17, 15) is 4.39 Å². The molecule has 0 spiro atoms. The van der Waals surface area contributed by atoms with Crippen LogP contribution in [0, 0.1) is 17.1 Å². The van der Waals surface area contributed by atoms with Crippen LogP contribution in [0.5, 0.6) is 0 Å². The van der Waals surface area contributed by atoms with Crippen molar-refractivity contribution in [2.24, 2.45) is 0 Å². The fourth-order valence-corrected chi connectivity index (χ4v) is 2.71. The number of rotatable bonds is 2. The van der Waals surface area contributed by atoms with E-state index in [0.717, 1.165) is 11.1 Å². The second-order valence-electron chi connectivity index (χ2n) is 4.07. The van der Waals surface area contributed by atoms with E-state index in [1.54, 1.807) is 23.5 Å². The van der Waals surface area contributed by atoms with Crippen molar-refractivity contribution in [2.45, 2.75) is 0 Å². The van der Waals surface area contributed by atoms with Crippen molar-refractivity contribution < 1.29 is 4.39 Å². The van der Waals surface area contributed by atoms with Crippen molar-refractivity contribution in [3.63, 3.8) is 0 Å². The largest absolute Gasteiger partial charge is 0.354 e. The zero-order chi connectivity index (χ0) is 13.2. The van der Waals surface area contributed by atoms with Crippen LogP contribution in [-0.4, -0.2) is 0 Å². The third kappa shape index (κ3) is 2.16. The number of anilines is 2. The molecule has 1 N–H and O–H groups in total. The molecule has 1 heterocycles. The molecule has 0 saturated carbocycles. The van der Waals surface area contributed by atoms with Crippen LogP contribution < -0.4 is 5.32 Å². The number of nitrogens with zero attached hydrogens (tertiary/aromatic N) is 1. The van der Waals surface area contributed by atoms with E-state index in [1.165, 1.54) is 10.8 Å². The first-order valence-corrected chi connectivity index (χ1v) is 6.59. The van der Waals surface area contributed by atoms with Crippen LogP contribution in [-0.2, 0) is 0 Å². The van der Waals surface area contributed by atoms with Crippen molar-refractivity contribution in [1.29, 1.82) is 5.26 Å². The second kappa shape index (κ2) is 4.71. The summed E-state index contributed by atoms with van der Waals surface area (Å²) >= 11 is 1.67. The highest BCUT2D eigenvalue weighted by Crippen LogP contribution is 2.27. The van der Waals surface area contributed by atoms with Crippen LogP contribution in [0.4, 0.5) is 15.8 Å². The Kier molecular flexibility index (Phi) is 2.90. The van der Waals surface area contributed by atoms with E-state index in [2.05, 4.69) is 5.32 Å². The maximum absolute atomic E-state index is 13.5. The normalized spacial score (nSPS) is 10.3. The molecule has 3 aromatic rings. The number of fused-ring (bicyclic) bond motifs is 1. The Hall–Kier alpha value is -2.38. The van der Waals surface area contributed by atoms with Crippen molar-refractivity contribution in [3.05, 3.63) is 59.2 Å². The first kappa shape index (κ1) is 11.7. The number of hydrogen-bond donors (Lipinski definition) is 1. The molecular formula is C15H9FN2S. The van der Waals surface area contributed by atoms with Gasteiger partial charge in [0.2, 0.25) is 0 Å². The van der Waals surface area contributed by atoms with Crippen molar-refractivity contribution in [1.82, 2.24) is 0 Å². The third-order valence-corrected chi connectivity index (χ3v) is 3.75. The second-order valence-corrected chi connectivity index (χ2v) is 5.02. The number of nitriles is 1. The number of hydrogen-bond acceptors (Lipinski definition) is 3. The maximum Gasteiger partial charge on any atom is 0.143 e. The smallest absolute Gasteiger partial charge is 0.143 e. The molecule has 92 valence electrons. The molecule has 0 fully saturated rings. The van der Waals surface area contributed by atoms with Gasteiger partial charge in [-0.25, -0.2) is 4.39 Å². The highest BCUT2D eigenvalue weighted by molar-refractivity contribution is 7.17. The van der Waals surface area contributed by atoms with Crippen LogP contribution in [0.3, 0.4) is 0 Å². The summed E-state index contributed by atoms with van der Waals surface area (Å²) in [5, 5.41) is 15.2. The van der Waals surface area contributed by atoms with Gasteiger partial charge in [-0.1, -0.05) is 6.07 Å². The summed E-state index contributed by atoms with van der Waals surface area (Å²) in [6.45, 7) is 0. The fraction of sp³-hybridized carbons (Fsp3) is 0. The lowest BCUT2D eigenvalue weighted by Crippen LogP contribution is -1.95. The van der Waals surface area contributed by atoms with Crippen molar-refractivity contribution >= 4 is 32.8 Å². The van der Waals surface area contributed by atoms with Gasteiger partial charge in [-0.05, 0) is 47.2 Å². The Balaban J connectivity index is 2.01. The minimum absolute atomic E-state index is 0.0351. The Morgan fingerprint density at radius 1 is 1.16 bits per heavy atom. The number of nitrogens with one attached hydrogen (secondary N) is 1. The molecule has 0 aliphatic carbocycles. The summed E-state index contributed by atoms with van der Waals surface area (Å²) in [7, 11) is 0. The highest BCUT2D eigenvalue weighted by Gasteiger charge is 2.08. The van der Waals surface area contributed by atoms with Crippen molar-refractivity contribution in [2.75, 3.05) is 5.32 Å². The molecule has 3 rings (SSSR count). The SMILES string of the molecule is N#Cc1c(F)cccc1Nc1ccc2sccc2c1. The molecule has 4 heteroatoms. The molecule has 1 aromatic heterocycles. The van der Waals surface area contributed by atoms with Crippen molar-refractivity contribution in [3.8, 4) is 6.07 Å². The lowest BCUT2D eigenvalue weighted by atomic mass is 10.1. The molecule has 0 aliphatic rings. The van der Waals surface area contributed by atoms with Gasteiger partial charge in [0.25, 0.3) is 0 Å². The minimum Gasteiger partial charge on any atom is -0.354 e. The van der Waals surface area contributed by atoms with E-state index in [1.807, 2.05) is 35.7 Å². The molecule has 19 heavy (non-hydrogen) atoms. The van der Waals surface area contributed by atoms with Gasteiger partial charge < -0.3 is 5.32 Å². The van der Waals surface area contributed by atoms with Crippen LogP contribution >= 0.6 is 11.3 Å². The van der Waals surface area contributed by atoms with E-state index >= 15 is 0 Å². The quantitative estimate of drug-likeness (QED) is 0.734. The molecule has 0 aliphatic heterocycles. The standard InChI is InChI=1S/C15H9FN2S/c16-13-2-1-3-14(12(13)9-17)18-11-4-5-15-10(8-11)6-7-19-15/h1-8,18H. The summed E-state index contributed by atoms with van der Waals surface area (Å²) in [6, 6.07) is 14.4. The van der Waals surface area contributed by atoms with Crippen LogP contribution in [0.25, 0.3) is 10.1 Å². The average Bonchev–Trinajstić information content (AvgIpc) is 2.86. The first-order valence-electron chi connectivity index (χ1n) is 5.71. The molecule has 0 amide bonds. The highest BCUT2D eigenvalue weighted by atomic mass is 32.1. The van der Waals surface area contributed by atoms with E-state index in [4.69, 9.17) is 5.26 Å². The third-order valence-electron chi connectivity index (χ3n) is 2.86. The molecule has 2 aromatic carbocycles. The predicted octanol–water partition coefficient (Wildman–Crippen LogP) is 4.66. The molecular weight excluding hydrogens is 259 g/mol. The van der Waals surface area contributed by atoms with Gasteiger partial charge in [-0.2, -0.15) is 5.26 Å².